The Labute approximate surface area is 288 Å². The number of halogens is 1. The van der Waals surface area contributed by atoms with Gasteiger partial charge in [0.2, 0.25) is 11.8 Å². The number of benzene rings is 4. The molecule has 0 saturated heterocycles. The van der Waals surface area contributed by atoms with Crippen LogP contribution in [0.25, 0.3) is 0 Å². The highest BCUT2D eigenvalue weighted by molar-refractivity contribution is 7.92. The first-order valence-electron chi connectivity index (χ1n) is 15.6. The van der Waals surface area contributed by atoms with Gasteiger partial charge >= 0.3 is 0 Å². The zero-order valence-electron chi connectivity index (χ0n) is 27.9. The standard InChI is InChI=1S/C37H42ClN3O6S/c1-26(2)23-39-37(43)34(21-28-9-7-6-8-10-28)40(24-29-13-15-30(38)16-14-29)36(42)25-41(33-22-31(46-4)17-20-35(33)47-5)48(44,45)32-18-11-27(3)12-19-32/h6-20,22,26,34H,21,23-25H2,1-5H3,(H,39,43)/t34-/m1/s1. The summed E-state index contributed by atoms with van der Waals surface area (Å²) in [6, 6.07) is 26.5. The Balaban J connectivity index is 1.86. The molecule has 48 heavy (non-hydrogen) atoms. The third-order valence-corrected chi connectivity index (χ3v) is 9.79. The molecule has 4 aromatic rings. The number of nitrogens with zero attached hydrogens (tertiary/aromatic N) is 2. The Bertz CT molecular complexity index is 1780. The van der Waals surface area contributed by atoms with Gasteiger partial charge in [-0.05, 0) is 60.4 Å². The lowest BCUT2D eigenvalue weighted by Crippen LogP contribution is -2.53. The van der Waals surface area contributed by atoms with Crippen molar-refractivity contribution in [2.45, 2.75) is 44.7 Å². The van der Waals surface area contributed by atoms with E-state index < -0.39 is 28.5 Å². The first kappa shape index (κ1) is 36.3. The van der Waals surface area contributed by atoms with Crippen LogP contribution in [0.5, 0.6) is 11.5 Å². The Hall–Kier alpha value is -4.54. The van der Waals surface area contributed by atoms with Gasteiger partial charge in [-0.3, -0.25) is 13.9 Å². The molecule has 1 atom stereocenters. The van der Waals surface area contributed by atoms with E-state index in [9.17, 15) is 18.0 Å². The summed E-state index contributed by atoms with van der Waals surface area (Å²) < 4.78 is 40.8. The summed E-state index contributed by atoms with van der Waals surface area (Å²) in [5.74, 6) is -0.176. The predicted octanol–water partition coefficient (Wildman–Crippen LogP) is 6.27. The molecule has 2 amide bonds. The molecule has 1 N–H and O–H groups in total. The van der Waals surface area contributed by atoms with Crippen molar-refractivity contribution in [3.05, 3.63) is 119 Å². The summed E-state index contributed by atoms with van der Waals surface area (Å²) >= 11 is 6.17. The molecule has 0 aliphatic heterocycles. The largest absolute Gasteiger partial charge is 0.497 e. The molecule has 0 saturated carbocycles. The number of carbonyl (C=O) groups is 2. The molecule has 9 nitrogen and oxygen atoms in total. The van der Waals surface area contributed by atoms with Crippen molar-refractivity contribution in [3.63, 3.8) is 0 Å². The van der Waals surface area contributed by atoms with E-state index >= 15 is 0 Å². The van der Waals surface area contributed by atoms with Gasteiger partial charge in [0.25, 0.3) is 10.0 Å². The van der Waals surface area contributed by atoms with Gasteiger partial charge in [0, 0.05) is 30.6 Å². The summed E-state index contributed by atoms with van der Waals surface area (Å²) in [4.78, 5) is 30.1. The molecule has 254 valence electrons. The average molecular weight is 692 g/mol. The highest BCUT2D eigenvalue weighted by Crippen LogP contribution is 2.36. The van der Waals surface area contributed by atoms with Crippen LogP contribution < -0.4 is 19.1 Å². The first-order chi connectivity index (χ1) is 22.9. The monoisotopic (exact) mass is 691 g/mol. The molecule has 0 aliphatic carbocycles. The van der Waals surface area contributed by atoms with Crippen molar-refractivity contribution in [3.8, 4) is 11.5 Å². The molecule has 0 heterocycles. The lowest BCUT2D eigenvalue weighted by atomic mass is 10.0. The molecular formula is C37H42ClN3O6S. The quantitative estimate of drug-likeness (QED) is 0.158. The van der Waals surface area contributed by atoms with Gasteiger partial charge in [0.15, 0.2) is 0 Å². The Morgan fingerprint density at radius 2 is 1.52 bits per heavy atom. The SMILES string of the molecule is COc1ccc(OC)c(N(CC(=O)N(Cc2ccc(Cl)cc2)[C@H](Cc2ccccc2)C(=O)NCC(C)C)S(=O)(=O)c2ccc(C)cc2)c1. The van der Waals surface area contributed by atoms with Crippen LogP contribution in [0, 0.1) is 12.8 Å². The van der Waals surface area contributed by atoms with Crippen LogP contribution in [-0.4, -0.2) is 58.5 Å². The predicted molar refractivity (Wildman–Crippen MR) is 189 cm³/mol. The number of hydrogen-bond donors (Lipinski definition) is 1. The van der Waals surface area contributed by atoms with Crippen molar-refractivity contribution in [1.29, 1.82) is 0 Å². The smallest absolute Gasteiger partial charge is 0.264 e. The van der Waals surface area contributed by atoms with Gasteiger partial charge in [-0.15, -0.1) is 0 Å². The second kappa shape index (κ2) is 16.5. The van der Waals surface area contributed by atoms with Gasteiger partial charge in [0.1, 0.15) is 24.1 Å². The van der Waals surface area contributed by atoms with E-state index in [0.29, 0.717) is 17.3 Å². The number of sulfonamides is 1. The van der Waals surface area contributed by atoms with E-state index in [1.165, 1.54) is 37.3 Å². The molecule has 4 aromatic carbocycles. The third-order valence-electron chi connectivity index (χ3n) is 7.76. The maximum absolute atomic E-state index is 14.7. The van der Waals surface area contributed by atoms with Gasteiger partial charge in [0.05, 0.1) is 24.8 Å². The highest BCUT2D eigenvalue weighted by Gasteiger charge is 2.36. The van der Waals surface area contributed by atoms with Crippen molar-refractivity contribution in [2.75, 3.05) is 31.6 Å². The number of nitrogens with one attached hydrogen (secondary N) is 1. The van der Waals surface area contributed by atoms with Crippen molar-refractivity contribution < 1.29 is 27.5 Å². The Morgan fingerprint density at radius 3 is 2.12 bits per heavy atom. The zero-order valence-corrected chi connectivity index (χ0v) is 29.4. The summed E-state index contributed by atoms with van der Waals surface area (Å²) in [6.07, 6.45) is 0.206. The van der Waals surface area contributed by atoms with Gasteiger partial charge < -0.3 is 19.7 Å². The van der Waals surface area contributed by atoms with Gasteiger partial charge in [-0.25, -0.2) is 8.42 Å². The third kappa shape index (κ3) is 9.29. The van der Waals surface area contributed by atoms with Crippen LogP contribution in [0.3, 0.4) is 0 Å². The van der Waals surface area contributed by atoms with E-state index in [1.807, 2.05) is 51.1 Å². The van der Waals surface area contributed by atoms with E-state index in [2.05, 4.69) is 5.32 Å². The molecule has 11 heteroatoms. The maximum atomic E-state index is 14.7. The van der Waals surface area contributed by atoms with Gasteiger partial charge in [-0.1, -0.05) is 85.6 Å². The minimum Gasteiger partial charge on any atom is -0.497 e. The van der Waals surface area contributed by atoms with E-state index in [0.717, 1.165) is 21.0 Å². The average Bonchev–Trinajstić information content (AvgIpc) is 3.08. The number of amides is 2. The number of aryl methyl sites for hydroxylation is 1. The minimum atomic E-state index is -4.33. The molecule has 0 bridgehead atoms. The van der Waals surface area contributed by atoms with Crippen molar-refractivity contribution in [1.82, 2.24) is 10.2 Å². The lowest BCUT2D eigenvalue weighted by molar-refractivity contribution is -0.140. The van der Waals surface area contributed by atoms with Crippen LogP contribution >= 0.6 is 11.6 Å². The maximum Gasteiger partial charge on any atom is 0.264 e. The fraction of sp³-hybridized carbons (Fsp3) is 0.297. The number of hydrogen-bond acceptors (Lipinski definition) is 6. The minimum absolute atomic E-state index is 0.00876. The molecule has 0 spiro atoms. The second-order valence-electron chi connectivity index (χ2n) is 11.9. The normalized spacial score (nSPS) is 11.9. The summed E-state index contributed by atoms with van der Waals surface area (Å²) in [6.45, 7) is 5.62. The summed E-state index contributed by atoms with van der Waals surface area (Å²) in [5, 5.41) is 3.51. The zero-order chi connectivity index (χ0) is 34.8. The molecule has 0 aromatic heterocycles. The number of ether oxygens (including phenoxy) is 2. The van der Waals surface area contributed by atoms with Crippen LogP contribution in [-0.2, 0) is 32.6 Å². The van der Waals surface area contributed by atoms with E-state index in [1.54, 1.807) is 48.5 Å². The van der Waals surface area contributed by atoms with Crippen LogP contribution in [0.2, 0.25) is 5.02 Å². The van der Waals surface area contributed by atoms with Crippen LogP contribution in [0.4, 0.5) is 5.69 Å². The van der Waals surface area contributed by atoms with Gasteiger partial charge in [-0.2, -0.15) is 0 Å². The number of carbonyl (C=O) groups excluding carboxylic acids is 2. The van der Waals surface area contributed by atoms with Crippen molar-refractivity contribution >= 4 is 39.1 Å². The van der Waals surface area contributed by atoms with E-state index in [-0.39, 0.29) is 41.1 Å². The molecule has 0 aliphatic rings. The first-order valence-corrected chi connectivity index (χ1v) is 17.4. The number of methoxy groups -OCH3 is 2. The molecule has 0 unspecified atom stereocenters. The fourth-order valence-electron chi connectivity index (χ4n) is 5.11. The second-order valence-corrected chi connectivity index (χ2v) is 14.2. The van der Waals surface area contributed by atoms with E-state index in [4.69, 9.17) is 21.1 Å². The Morgan fingerprint density at radius 1 is 0.854 bits per heavy atom. The molecule has 0 fully saturated rings. The highest BCUT2D eigenvalue weighted by atomic mass is 35.5. The Kier molecular flexibility index (Phi) is 12.5. The molecular weight excluding hydrogens is 650 g/mol. The number of anilines is 1. The lowest BCUT2D eigenvalue weighted by Gasteiger charge is -2.34. The van der Waals surface area contributed by atoms with Crippen LogP contribution in [0.15, 0.2) is 102 Å². The van der Waals surface area contributed by atoms with Crippen molar-refractivity contribution in [2.24, 2.45) is 5.92 Å². The number of rotatable bonds is 15. The van der Waals surface area contributed by atoms with Crippen LogP contribution in [0.1, 0.15) is 30.5 Å². The molecule has 4 rings (SSSR count). The summed E-state index contributed by atoms with van der Waals surface area (Å²) in [5.41, 5.74) is 2.55. The topological polar surface area (TPSA) is 105 Å². The fourth-order valence-corrected chi connectivity index (χ4v) is 6.65. The molecule has 0 radical (unpaired) electrons. The summed E-state index contributed by atoms with van der Waals surface area (Å²) in [7, 11) is -1.44.